The number of benzene rings is 1. The van der Waals surface area contributed by atoms with Crippen molar-refractivity contribution in [3.8, 4) is 0 Å². The highest BCUT2D eigenvalue weighted by molar-refractivity contribution is 5.79. The Labute approximate surface area is 108 Å². The van der Waals surface area contributed by atoms with Crippen LogP contribution in [0.4, 0.5) is 5.69 Å². The van der Waals surface area contributed by atoms with E-state index < -0.39 is 0 Å². The van der Waals surface area contributed by atoms with Crippen LogP contribution >= 0.6 is 0 Å². The van der Waals surface area contributed by atoms with E-state index >= 15 is 0 Å². The van der Waals surface area contributed by atoms with Crippen LogP contribution in [0.15, 0.2) is 24.3 Å². The molecule has 1 aromatic rings. The summed E-state index contributed by atoms with van der Waals surface area (Å²) in [5.74, 6) is 0.127. The van der Waals surface area contributed by atoms with Gasteiger partial charge in [0.05, 0.1) is 18.6 Å². The van der Waals surface area contributed by atoms with Crippen LogP contribution in [0, 0.1) is 0 Å². The van der Waals surface area contributed by atoms with E-state index in [0.29, 0.717) is 6.42 Å². The van der Waals surface area contributed by atoms with E-state index in [-0.39, 0.29) is 18.1 Å². The molecule has 0 bridgehead atoms. The first-order chi connectivity index (χ1) is 8.58. The number of anilines is 1. The molecule has 0 aromatic heterocycles. The summed E-state index contributed by atoms with van der Waals surface area (Å²) >= 11 is 0. The van der Waals surface area contributed by atoms with Gasteiger partial charge in [-0.3, -0.25) is 4.79 Å². The molecule has 18 heavy (non-hydrogen) atoms. The Hall–Kier alpha value is -1.55. The molecule has 1 fully saturated rings. The van der Waals surface area contributed by atoms with E-state index in [4.69, 9.17) is 10.5 Å². The summed E-state index contributed by atoms with van der Waals surface area (Å²) in [6.07, 6.45) is 1.47. The fourth-order valence-corrected chi connectivity index (χ4v) is 2.35. The number of rotatable bonds is 3. The van der Waals surface area contributed by atoms with Gasteiger partial charge in [0.15, 0.2) is 0 Å². The smallest absolute Gasteiger partial charge is 0.227 e. The van der Waals surface area contributed by atoms with Gasteiger partial charge in [-0.1, -0.05) is 12.1 Å². The van der Waals surface area contributed by atoms with E-state index in [1.165, 1.54) is 0 Å². The summed E-state index contributed by atoms with van der Waals surface area (Å²) in [7, 11) is 1.86. The molecule has 1 aliphatic heterocycles. The lowest BCUT2D eigenvalue weighted by Gasteiger charge is -2.26. The summed E-state index contributed by atoms with van der Waals surface area (Å²) < 4.78 is 5.49. The van der Waals surface area contributed by atoms with Crippen molar-refractivity contribution < 1.29 is 9.53 Å². The molecule has 1 aromatic carbocycles. The number of nitrogen functional groups attached to an aromatic ring is 1. The van der Waals surface area contributed by atoms with E-state index in [1.807, 2.05) is 43.1 Å². The molecule has 2 atom stereocenters. The van der Waals surface area contributed by atoms with Crippen LogP contribution in [0.3, 0.4) is 0 Å². The molecule has 2 N–H and O–H groups in total. The van der Waals surface area contributed by atoms with Gasteiger partial charge in [0.25, 0.3) is 0 Å². The SMILES string of the molecule is CC1OCCC1N(C)C(=O)Cc1ccc(N)cc1. The van der Waals surface area contributed by atoms with E-state index in [2.05, 4.69) is 0 Å². The maximum Gasteiger partial charge on any atom is 0.227 e. The second-order valence-corrected chi connectivity index (χ2v) is 4.85. The van der Waals surface area contributed by atoms with Gasteiger partial charge in [-0.25, -0.2) is 0 Å². The predicted octanol–water partition coefficient (Wildman–Crippen LogP) is 1.45. The third-order valence-corrected chi connectivity index (χ3v) is 3.56. The van der Waals surface area contributed by atoms with Crippen molar-refractivity contribution in [3.05, 3.63) is 29.8 Å². The topological polar surface area (TPSA) is 55.6 Å². The first kappa shape index (κ1) is 12.9. The van der Waals surface area contributed by atoms with Gasteiger partial charge in [0, 0.05) is 19.3 Å². The molecule has 4 nitrogen and oxygen atoms in total. The quantitative estimate of drug-likeness (QED) is 0.824. The summed E-state index contributed by atoms with van der Waals surface area (Å²) in [4.78, 5) is 14.0. The summed E-state index contributed by atoms with van der Waals surface area (Å²) in [6.45, 7) is 2.76. The highest BCUT2D eigenvalue weighted by Gasteiger charge is 2.30. The van der Waals surface area contributed by atoms with Crippen LogP contribution < -0.4 is 5.73 Å². The molecule has 0 radical (unpaired) electrons. The molecule has 0 aliphatic carbocycles. The zero-order valence-electron chi connectivity index (χ0n) is 10.9. The van der Waals surface area contributed by atoms with Crippen molar-refractivity contribution in [2.24, 2.45) is 0 Å². The van der Waals surface area contributed by atoms with Gasteiger partial charge < -0.3 is 15.4 Å². The van der Waals surface area contributed by atoms with Crippen LogP contribution in [-0.2, 0) is 16.0 Å². The number of likely N-dealkylation sites (N-methyl/N-ethyl adjacent to an activating group) is 1. The van der Waals surface area contributed by atoms with Crippen molar-refractivity contribution >= 4 is 11.6 Å². The number of ether oxygens (including phenoxy) is 1. The molecule has 1 amide bonds. The number of carbonyl (C=O) groups is 1. The van der Waals surface area contributed by atoms with E-state index in [9.17, 15) is 4.79 Å². The summed E-state index contributed by atoms with van der Waals surface area (Å²) in [6, 6.07) is 7.64. The Kier molecular flexibility index (Phi) is 3.87. The van der Waals surface area contributed by atoms with Crippen molar-refractivity contribution in [2.75, 3.05) is 19.4 Å². The highest BCUT2D eigenvalue weighted by Crippen LogP contribution is 2.19. The van der Waals surface area contributed by atoms with Crippen LogP contribution in [0.2, 0.25) is 0 Å². The van der Waals surface area contributed by atoms with Crippen LogP contribution in [-0.4, -0.2) is 36.6 Å². The van der Waals surface area contributed by atoms with Gasteiger partial charge in [-0.15, -0.1) is 0 Å². The fraction of sp³-hybridized carbons (Fsp3) is 0.500. The minimum absolute atomic E-state index is 0.127. The fourth-order valence-electron chi connectivity index (χ4n) is 2.35. The third kappa shape index (κ3) is 2.82. The molecule has 0 saturated carbocycles. The van der Waals surface area contributed by atoms with Crippen LogP contribution in [0.1, 0.15) is 18.9 Å². The van der Waals surface area contributed by atoms with Crippen molar-refractivity contribution in [1.29, 1.82) is 0 Å². The third-order valence-electron chi connectivity index (χ3n) is 3.56. The lowest BCUT2D eigenvalue weighted by Crippen LogP contribution is -2.41. The molecule has 1 heterocycles. The average Bonchev–Trinajstić information content (AvgIpc) is 2.77. The Morgan fingerprint density at radius 2 is 2.11 bits per heavy atom. The Morgan fingerprint density at radius 3 is 2.67 bits per heavy atom. The second kappa shape index (κ2) is 5.40. The first-order valence-corrected chi connectivity index (χ1v) is 6.29. The second-order valence-electron chi connectivity index (χ2n) is 4.85. The first-order valence-electron chi connectivity index (χ1n) is 6.29. The van der Waals surface area contributed by atoms with E-state index in [1.54, 1.807) is 0 Å². The van der Waals surface area contributed by atoms with Gasteiger partial charge in [0.2, 0.25) is 5.91 Å². The molecule has 2 unspecified atom stereocenters. The zero-order chi connectivity index (χ0) is 13.1. The lowest BCUT2D eigenvalue weighted by atomic mass is 10.1. The molecule has 0 spiro atoms. The molecule has 1 aliphatic rings. The van der Waals surface area contributed by atoms with Crippen molar-refractivity contribution in [1.82, 2.24) is 4.90 Å². The zero-order valence-corrected chi connectivity index (χ0v) is 10.9. The number of carbonyl (C=O) groups excluding carboxylic acids is 1. The van der Waals surface area contributed by atoms with Gasteiger partial charge in [-0.05, 0) is 31.0 Å². The molecule has 98 valence electrons. The van der Waals surface area contributed by atoms with Crippen LogP contribution in [0.25, 0.3) is 0 Å². The number of nitrogens with zero attached hydrogens (tertiary/aromatic N) is 1. The number of hydrogen-bond donors (Lipinski definition) is 1. The Balaban J connectivity index is 1.97. The Bertz CT molecular complexity index is 416. The summed E-state index contributed by atoms with van der Waals surface area (Å²) in [5.41, 5.74) is 7.34. The van der Waals surface area contributed by atoms with Gasteiger partial charge >= 0.3 is 0 Å². The standard InChI is InChI=1S/C14H20N2O2/c1-10-13(7-8-18-10)16(2)14(17)9-11-3-5-12(15)6-4-11/h3-6,10,13H,7-9,15H2,1-2H3. The van der Waals surface area contributed by atoms with Gasteiger partial charge in [-0.2, -0.15) is 0 Å². The lowest BCUT2D eigenvalue weighted by molar-refractivity contribution is -0.132. The normalized spacial score (nSPS) is 23.0. The monoisotopic (exact) mass is 248 g/mol. The number of amides is 1. The minimum Gasteiger partial charge on any atom is -0.399 e. The van der Waals surface area contributed by atoms with Crippen molar-refractivity contribution in [3.63, 3.8) is 0 Å². The largest absolute Gasteiger partial charge is 0.399 e. The minimum atomic E-state index is 0.127. The average molecular weight is 248 g/mol. The summed E-state index contributed by atoms with van der Waals surface area (Å²) in [5, 5.41) is 0. The van der Waals surface area contributed by atoms with E-state index in [0.717, 1.165) is 24.3 Å². The Morgan fingerprint density at radius 1 is 1.44 bits per heavy atom. The number of nitrogens with two attached hydrogens (primary N) is 1. The maximum absolute atomic E-state index is 12.2. The molecular formula is C14H20N2O2. The number of hydrogen-bond acceptors (Lipinski definition) is 3. The molecule has 2 rings (SSSR count). The molecule has 4 heteroatoms. The predicted molar refractivity (Wildman–Crippen MR) is 71.1 cm³/mol. The van der Waals surface area contributed by atoms with Gasteiger partial charge in [0.1, 0.15) is 0 Å². The van der Waals surface area contributed by atoms with Crippen LogP contribution in [0.5, 0.6) is 0 Å². The molecule has 1 saturated heterocycles. The highest BCUT2D eigenvalue weighted by atomic mass is 16.5. The maximum atomic E-state index is 12.2. The molecular weight excluding hydrogens is 228 g/mol. The van der Waals surface area contributed by atoms with Crippen molar-refractivity contribution in [2.45, 2.75) is 31.9 Å².